The van der Waals surface area contributed by atoms with Gasteiger partial charge in [0.05, 0.1) is 5.69 Å². The predicted molar refractivity (Wildman–Crippen MR) is 128 cm³/mol. The molecule has 0 fully saturated rings. The van der Waals surface area contributed by atoms with Gasteiger partial charge < -0.3 is 10.1 Å². The SMILES string of the molecule is CC(C)(Oc1ccc(Cl)cc1)C(=O)Nc1ccc(-c2csc(-c3ccccc3)n2)cc1. The van der Waals surface area contributed by atoms with E-state index < -0.39 is 5.60 Å². The van der Waals surface area contributed by atoms with Crippen LogP contribution in [0.3, 0.4) is 0 Å². The van der Waals surface area contributed by atoms with Crippen molar-refractivity contribution in [2.75, 3.05) is 5.32 Å². The Balaban J connectivity index is 1.43. The van der Waals surface area contributed by atoms with Crippen LogP contribution < -0.4 is 10.1 Å². The number of carbonyl (C=O) groups is 1. The molecule has 1 N–H and O–H groups in total. The highest BCUT2D eigenvalue weighted by Crippen LogP contribution is 2.29. The summed E-state index contributed by atoms with van der Waals surface area (Å²) in [4.78, 5) is 17.5. The first-order chi connectivity index (χ1) is 14.9. The van der Waals surface area contributed by atoms with Crippen molar-refractivity contribution in [3.8, 4) is 27.6 Å². The fourth-order valence-electron chi connectivity index (χ4n) is 2.97. The van der Waals surface area contributed by atoms with Gasteiger partial charge in [0.2, 0.25) is 0 Å². The number of hydrogen-bond acceptors (Lipinski definition) is 4. The maximum Gasteiger partial charge on any atom is 0.267 e. The Morgan fingerprint density at radius 3 is 2.29 bits per heavy atom. The van der Waals surface area contributed by atoms with Crippen LogP contribution in [0.5, 0.6) is 5.75 Å². The lowest BCUT2D eigenvalue weighted by Crippen LogP contribution is -2.42. The molecule has 0 aliphatic carbocycles. The zero-order chi connectivity index (χ0) is 21.8. The van der Waals surface area contributed by atoms with E-state index >= 15 is 0 Å². The average Bonchev–Trinajstić information content (AvgIpc) is 3.27. The van der Waals surface area contributed by atoms with Gasteiger partial charge in [-0.3, -0.25) is 4.79 Å². The molecular formula is C25H21ClN2O2S. The molecule has 1 aromatic heterocycles. The van der Waals surface area contributed by atoms with Crippen LogP contribution in [-0.2, 0) is 4.79 Å². The Morgan fingerprint density at radius 2 is 1.61 bits per heavy atom. The normalized spacial score (nSPS) is 11.2. The largest absolute Gasteiger partial charge is 0.478 e. The van der Waals surface area contributed by atoms with Crippen LogP contribution in [0.1, 0.15) is 13.8 Å². The number of carbonyl (C=O) groups excluding carboxylic acids is 1. The van der Waals surface area contributed by atoms with E-state index in [0.29, 0.717) is 16.5 Å². The molecule has 1 heterocycles. The molecule has 1 amide bonds. The van der Waals surface area contributed by atoms with E-state index in [4.69, 9.17) is 21.3 Å². The number of nitrogens with one attached hydrogen (secondary N) is 1. The maximum atomic E-state index is 12.7. The molecule has 0 spiro atoms. The second-order valence-corrected chi connectivity index (χ2v) is 8.80. The second-order valence-electron chi connectivity index (χ2n) is 7.50. The molecule has 156 valence electrons. The zero-order valence-corrected chi connectivity index (χ0v) is 18.7. The molecule has 0 bridgehead atoms. The summed E-state index contributed by atoms with van der Waals surface area (Å²) in [5, 5.41) is 6.55. The van der Waals surface area contributed by atoms with E-state index in [-0.39, 0.29) is 5.91 Å². The van der Waals surface area contributed by atoms with Crippen molar-refractivity contribution in [3.05, 3.63) is 89.3 Å². The summed E-state index contributed by atoms with van der Waals surface area (Å²) in [5.41, 5.74) is 2.65. The summed E-state index contributed by atoms with van der Waals surface area (Å²) in [6.07, 6.45) is 0. The number of ether oxygens (including phenoxy) is 1. The third-order valence-corrected chi connectivity index (χ3v) is 5.84. The summed E-state index contributed by atoms with van der Waals surface area (Å²) < 4.78 is 5.85. The van der Waals surface area contributed by atoms with Crippen molar-refractivity contribution in [3.63, 3.8) is 0 Å². The molecule has 6 heteroatoms. The summed E-state index contributed by atoms with van der Waals surface area (Å²) in [6, 6.07) is 24.7. The van der Waals surface area contributed by atoms with Crippen molar-refractivity contribution in [2.24, 2.45) is 0 Å². The molecule has 4 nitrogen and oxygen atoms in total. The minimum atomic E-state index is -1.05. The monoisotopic (exact) mass is 448 g/mol. The molecule has 0 aliphatic heterocycles. The standard InChI is InChI=1S/C25H21ClN2O2S/c1-25(2,30-21-14-10-19(26)11-15-21)24(29)27-20-12-8-17(9-13-20)22-16-31-23(28-22)18-6-4-3-5-7-18/h3-16H,1-2H3,(H,27,29). The van der Waals surface area contributed by atoms with Crippen molar-refractivity contribution in [2.45, 2.75) is 19.4 Å². The van der Waals surface area contributed by atoms with Gasteiger partial charge in [0.25, 0.3) is 5.91 Å². The molecule has 0 atom stereocenters. The van der Waals surface area contributed by atoms with Crippen LogP contribution in [0.4, 0.5) is 5.69 Å². The Kier molecular flexibility index (Phi) is 6.07. The van der Waals surface area contributed by atoms with Gasteiger partial charge in [-0.25, -0.2) is 4.98 Å². The van der Waals surface area contributed by atoms with Gasteiger partial charge in [0.1, 0.15) is 10.8 Å². The smallest absolute Gasteiger partial charge is 0.267 e. The van der Waals surface area contributed by atoms with Gasteiger partial charge in [-0.15, -0.1) is 11.3 Å². The number of thiazole rings is 1. The van der Waals surface area contributed by atoms with Crippen LogP contribution >= 0.6 is 22.9 Å². The Hall–Kier alpha value is -3.15. The van der Waals surface area contributed by atoms with Gasteiger partial charge in [0.15, 0.2) is 5.60 Å². The Morgan fingerprint density at radius 1 is 0.935 bits per heavy atom. The van der Waals surface area contributed by atoms with Gasteiger partial charge in [-0.05, 0) is 50.2 Å². The van der Waals surface area contributed by atoms with Crippen LogP contribution in [0, 0.1) is 0 Å². The molecule has 4 aromatic rings. The Bertz CT molecular complexity index is 1170. The van der Waals surface area contributed by atoms with Crippen LogP contribution in [0.25, 0.3) is 21.8 Å². The number of amides is 1. The molecule has 0 saturated heterocycles. The number of anilines is 1. The number of aromatic nitrogens is 1. The topological polar surface area (TPSA) is 51.2 Å². The van der Waals surface area contributed by atoms with Crippen molar-refractivity contribution in [1.82, 2.24) is 4.98 Å². The van der Waals surface area contributed by atoms with Crippen LogP contribution in [0.2, 0.25) is 5.02 Å². The van der Waals surface area contributed by atoms with E-state index in [0.717, 1.165) is 21.8 Å². The van der Waals surface area contributed by atoms with E-state index in [2.05, 4.69) is 17.4 Å². The molecular weight excluding hydrogens is 428 g/mol. The van der Waals surface area contributed by atoms with E-state index in [9.17, 15) is 4.79 Å². The third kappa shape index (κ3) is 5.13. The molecule has 0 radical (unpaired) electrons. The van der Waals surface area contributed by atoms with E-state index in [1.165, 1.54) is 0 Å². The highest BCUT2D eigenvalue weighted by Gasteiger charge is 2.30. The summed E-state index contributed by atoms with van der Waals surface area (Å²) >= 11 is 7.52. The first-order valence-electron chi connectivity index (χ1n) is 9.78. The fourth-order valence-corrected chi connectivity index (χ4v) is 3.93. The molecule has 0 aliphatic rings. The van der Waals surface area contributed by atoms with E-state index in [1.807, 2.05) is 47.8 Å². The minimum Gasteiger partial charge on any atom is -0.478 e. The maximum absolute atomic E-state index is 12.7. The van der Waals surface area contributed by atoms with Crippen molar-refractivity contribution < 1.29 is 9.53 Å². The number of halogens is 1. The number of nitrogens with zero attached hydrogens (tertiary/aromatic N) is 1. The summed E-state index contributed by atoms with van der Waals surface area (Å²) in [6.45, 7) is 3.46. The quantitative estimate of drug-likeness (QED) is 0.348. The molecule has 4 rings (SSSR count). The van der Waals surface area contributed by atoms with E-state index in [1.54, 1.807) is 49.4 Å². The molecule has 0 saturated carbocycles. The number of hydrogen-bond donors (Lipinski definition) is 1. The summed E-state index contributed by atoms with van der Waals surface area (Å²) in [5.74, 6) is 0.341. The van der Waals surface area contributed by atoms with Crippen molar-refractivity contribution >= 4 is 34.5 Å². The first-order valence-corrected chi connectivity index (χ1v) is 11.0. The highest BCUT2D eigenvalue weighted by atomic mass is 35.5. The minimum absolute atomic E-state index is 0.241. The third-order valence-electron chi connectivity index (χ3n) is 4.70. The molecule has 3 aromatic carbocycles. The zero-order valence-electron chi connectivity index (χ0n) is 17.1. The second kappa shape index (κ2) is 8.92. The average molecular weight is 449 g/mol. The van der Waals surface area contributed by atoms with Gasteiger partial charge in [-0.1, -0.05) is 54.1 Å². The Labute approximate surface area is 190 Å². The first kappa shape index (κ1) is 21.1. The highest BCUT2D eigenvalue weighted by molar-refractivity contribution is 7.13. The lowest BCUT2D eigenvalue weighted by Gasteiger charge is -2.25. The van der Waals surface area contributed by atoms with Gasteiger partial charge in [0, 0.05) is 27.2 Å². The number of benzene rings is 3. The van der Waals surface area contributed by atoms with Gasteiger partial charge >= 0.3 is 0 Å². The number of rotatable bonds is 6. The molecule has 0 unspecified atom stereocenters. The lowest BCUT2D eigenvalue weighted by atomic mass is 10.1. The van der Waals surface area contributed by atoms with Crippen molar-refractivity contribution in [1.29, 1.82) is 0 Å². The van der Waals surface area contributed by atoms with Gasteiger partial charge in [-0.2, -0.15) is 0 Å². The van der Waals surface area contributed by atoms with Crippen LogP contribution in [-0.4, -0.2) is 16.5 Å². The molecule has 31 heavy (non-hydrogen) atoms. The predicted octanol–water partition coefficient (Wildman–Crippen LogP) is 6.93. The lowest BCUT2D eigenvalue weighted by molar-refractivity contribution is -0.128. The fraction of sp³-hybridized carbons (Fsp3) is 0.120. The summed E-state index contributed by atoms with van der Waals surface area (Å²) in [7, 11) is 0. The van der Waals surface area contributed by atoms with Crippen LogP contribution in [0.15, 0.2) is 84.2 Å².